The molecule has 0 aliphatic heterocycles. The van der Waals surface area contributed by atoms with E-state index in [4.69, 9.17) is 4.55 Å². The average Bonchev–Trinajstić information content (AvgIpc) is 2.68. The molecule has 0 heterocycles. The molecule has 0 bridgehead atoms. The van der Waals surface area contributed by atoms with E-state index in [-0.39, 0.29) is 4.90 Å². The maximum absolute atomic E-state index is 10.5. The first-order valence-corrected chi connectivity index (χ1v) is 12.3. The summed E-state index contributed by atoms with van der Waals surface area (Å²) in [7, 11) is -4.02. The van der Waals surface area contributed by atoms with Gasteiger partial charge < -0.3 is 0 Å². The fourth-order valence-corrected chi connectivity index (χ4v) is 3.06. The second-order valence-electron chi connectivity index (χ2n) is 7.14. The van der Waals surface area contributed by atoms with Crippen LogP contribution in [0.15, 0.2) is 65.6 Å². The van der Waals surface area contributed by atoms with Crippen LogP contribution in [0.4, 0.5) is 0 Å². The largest absolute Gasteiger partial charge is 0.294 e. The van der Waals surface area contributed by atoms with Gasteiger partial charge >= 0.3 is 0 Å². The van der Waals surface area contributed by atoms with Crippen LogP contribution < -0.4 is 0 Å². The molecule has 4 heteroatoms. The molecule has 0 saturated carbocycles. The lowest BCUT2D eigenvalue weighted by Gasteiger charge is -1.97. The summed E-state index contributed by atoms with van der Waals surface area (Å²) in [6.07, 6.45) is 26.6. The molecule has 0 unspecified atom stereocenters. The van der Waals surface area contributed by atoms with Crippen molar-refractivity contribution in [1.82, 2.24) is 0 Å². The number of aryl methyl sites for hydroxylation is 1. The molecule has 3 nitrogen and oxygen atoms in total. The van der Waals surface area contributed by atoms with Gasteiger partial charge in [-0.05, 0) is 51.2 Å². The molecule has 1 N–H and O–H groups in total. The van der Waals surface area contributed by atoms with Crippen LogP contribution in [0, 0.1) is 6.92 Å². The van der Waals surface area contributed by atoms with Crippen LogP contribution in [0.5, 0.6) is 0 Å². The van der Waals surface area contributed by atoms with Crippen LogP contribution in [0.3, 0.4) is 0 Å². The SMILES string of the molecule is CC/C=C\C/C=C\C/C=C\CCCCCCCC.Cc1ccc(S(=O)(=O)O)cc1. The first-order valence-electron chi connectivity index (χ1n) is 10.9. The van der Waals surface area contributed by atoms with Crippen molar-refractivity contribution >= 4 is 10.1 Å². The van der Waals surface area contributed by atoms with Crippen molar-refractivity contribution in [2.75, 3.05) is 0 Å². The van der Waals surface area contributed by atoms with Gasteiger partial charge in [0, 0.05) is 0 Å². The van der Waals surface area contributed by atoms with E-state index in [9.17, 15) is 8.42 Å². The molecule has 0 aliphatic carbocycles. The zero-order valence-electron chi connectivity index (χ0n) is 18.5. The molecule has 1 rings (SSSR count). The minimum absolute atomic E-state index is 0.0666. The summed E-state index contributed by atoms with van der Waals surface area (Å²) in [6.45, 7) is 6.29. The Morgan fingerprint density at radius 1 is 0.759 bits per heavy atom. The first-order chi connectivity index (χ1) is 13.9. The van der Waals surface area contributed by atoms with Crippen molar-refractivity contribution in [3.05, 3.63) is 66.3 Å². The van der Waals surface area contributed by atoms with Gasteiger partial charge in [-0.15, -0.1) is 0 Å². The van der Waals surface area contributed by atoms with Gasteiger partial charge in [0.05, 0.1) is 4.90 Å². The summed E-state index contributed by atoms with van der Waals surface area (Å²) in [5.41, 5.74) is 0.956. The molecular weight excluding hydrogens is 380 g/mol. The minimum Gasteiger partial charge on any atom is -0.282 e. The Hall–Kier alpha value is -1.65. The van der Waals surface area contributed by atoms with Crippen LogP contribution in [0.2, 0.25) is 0 Å². The fraction of sp³-hybridized carbons (Fsp3) is 0.520. The second kappa shape index (κ2) is 18.4. The van der Waals surface area contributed by atoms with Crippen LogP contribution in [-0.4, -0.2) is 13.0 Å². The molecule has 1 aromatic rings. The van der Waals surface area contributed by atoms with E-state index in [0.29, 0.717) is 0 Å². The molecule has 0 amide bonds. The van der Waals surface area contributed by atoms with Crippen molar-refractivity contribution in [3.8, 4) is 0 Å². The topological polar surface area (TPSA) is 54.4 Å². The van der Waals surface area contributed by atoms with Crippen molar-refractivity contribution < 1.29 is 13.0 Å². The summed E-state index contributed by atoms with van der Waals surface area (Å²) in [4.78, 5) is -0.0666. The molecule has 1 aromatic carbocycles. The predicted octanol–water partition coefficient (Wildman–Crippen LogP) is 7.84. The monoisotopic (exact) mass is 420 g/mol. The summed E-state index contributed by atoms with van der Waals surface area (Å²) in [5.74, 6) is 0. The second-order valence-corrected chi connectivity index (χ2v) is 8.56. The number of rotatable bonds is 13. The van der Waals surface area contributed by atoms with E-state index in [0.717, 1.165) is 24.8 Å². The van der Waals surface area contributed by atoms with Gasteiger partial charge in [0.15, 0.2) is 0 Å². The summed E-state index contributed by atoms with van der Waals surface area (Å²) in [6, 6.07) is 5.99. The predicted molar refractivity (Wildman–Crippen MR) is 126 cm³/mol. The Kier molecular flexibility index (Phi) is 17.3. The first kappa shape index (κ1) is 27.4. The summed E-state index contributed by atoms with van der Waals surface area (Å²) in [5, 5.41) is 0. The quantitative estimate of drug-likeness (QED) is 0.201. The molecule has 164 valence electrons. The smallest absolute Gasteiger partial charge is 0.282 e. The fourth-order valence-electron chi connectivity index (χ4n) is 2.58. The summed E-state index contributed by atoms with van der Waals surface area (Å²) < 4.78 is 29.6. The van der Waals surface area contributed by atoms with Crippen molar-refractivity contribution in [2.24, 2.45) is 0 Å². The van der Waals surface area contributed by atoms with Gasteiger partial charge in [0.25, 0.3) is 10.1 Å². The Morgan fingerprint density at radius 2 is 1.28 bits per heavy atom. The lowest BCUT2D eigenvalue weighted by Crippen LogP contribution is -1.96. The maximum atomic E-state index is 10.5. The molecule has 0 aromatic heterocycles. The van der Waals surface area contributed by atoms with Gasteiger partial charge in [-0.25, -0.2) is 0 Å². The molecule has 0 saturated heterocycles. The standard InChI is InChI=1S/C18H32.C7H8O3S/c1-3-5-7-9-11-13-15-17-18-16-14-12-10-8-6-4-2;1-6-2-4-7(5-3-6)11(8,9)10/h5,7,11,13,17-18H,3-4,6,8-10,12,14-16H2,1-2H3;2-5H,1H3,(H,8,9,10)/b7-5-,13-11-,18-17-;. The Labute approximate surface area is 179 Å². The van der Waals surface area contributed by atoms with Crippen LogP contribution in [0.1, 0.15) is 83.6 Å². The highest BCUT2D eigenvalue weighted by atomic mass is 32.2. The average molecular weight is 421 g/mol. The maximum Gasteiger partial charge on any atom is 0.294 e. The molecule has 0 aliphatic rings. The molecule has 0 radical (unpaired) electrons. The van der Waals surface area contributed by atoms with Crippen molar-refractivity contribution in [2.45, 2.75) is 89.9 Å². The van der Waals surface area contributed by atoms with Crippen LogP contribution >= 0.6 is 0 Å². The Bertz CT molecular complexity index is 683. The zero-order valence-corrected chi connectivity index (χ0v) is 19.3. The van der Waals surface area contributed by atoms with Gasteiger partial charge in [-0.1, -0.05) is 100 Å². The minimum atomic E-state index is -4.02. The van der Waals surface area contributed by atoms with Gasteiger partial charge in [0.1, 0.15) is 0 Å². The number of unbranched alkanes of at least 4 members (excludes halogenated alkanes) is 6. The molecular formula is C25H40O3S. The van der Waals surface area contributed by atoms with E-state index in [2.05, 4.69) is 50.3 Å². The summed E-state index contributed by atoms with van der Waals surface area (Å²) >= 11 is 0. The van der Waals surface area contributed by atoms with E-state index < -0.39 is 10.1 Å². The lowest BCUT2D eigenvalue weighted by atomic mass is 10.1. The highest BCUT2D eigenvalue weighted by Crippen LogP contribution is 2.09. The van der Waals surface area contributed by atoms with Crippen LogP contribution in [0.25, 0.3) is 0 Å². The number of allylic oxidation sites excluding steroid dienone is 6. The third-order valence-electron chi connectivity index (χ3n) is 4.32. The molecule has 29 heavy (non-hydrogen) atoms. The molecule has 0 fully saturated rings. The number of hydrogen-bond donors (Lipinski definition) is 1. The van der Waals surface area contributed by atoms with E-state index >= 15 is 0 Å². The highest BCUT2D eigenvalue weighted by molar-refractivity contribution is 7.85. The van der Waals surface area contributed by atoms with E-state index in [1.54, 1.807) is 12.1 Å². The Balaban J connectivity index is 0.000000604. The molecule has 0 atom stereocenters. The van der Waals surface area contributed by atoms with Gasteiger partial charge in [-0.3, -0.25) is 4.55 Å². The zero-order chi connectivity index (χ0) is 21.8. The third-order valence-corrected chi connectivity index (χ3v) is 5.19. The van der Waals surface area contributed by atoms with E-state index in [1.807, 2.05) is 6.92 Å². The van der Waals surface area contributed by atoms with Gasteiger partial charge in [0.2, 0.25) is 0 Å². The third kappa shape index (κ3) is 18.1. The van der Waals surface area contributed by atoms with E-state index in [1.165, 1.54) is 57.1 Å². The highest BCUT2D eigenvalue weighted by Gasteiger charge is 2.06. The van der Waals surface area contributed by atoms with Crippen LogP contribution in [-0.2, 0) is 10.1 Å². The normalized spacial score (nSPS) is 12.0. The number of benzene rings is 1. The number of hydrogen-bond acceptors (Lipinski definition) is 2. The van der Waals surface area contributed by atoms with Crippen molar-refractivity contribution in [1.29, 1.82) is 0 Å². The lowest BCUT2D eigenvalue weighted by molar-refractivity contribution is 0.483. The van der Waals surface area contributed by atoms with Crippen molar-refractivity contribution in [3.63, 3.8) is 0 Å². The molecule has 0 spiro atoms. The van der Waals surface area contributed by atoms with Gasteiger partial charge in [-0.2, -0.15) is 8.42 Å². The Morgan fingerprint density at radius 3 is 1.83 bits per heavy atom.